The zero-order valence-electron chi connectivity index (χ0n) is 15.5. The normalized spacial score (nSPS) is 16.9. The van der Waals surface area contributed by atoms with E-state index in [0.29, 0.717) is 11.5 Å². The van der Waals surface area contributed by atoms with Crippen molar-refractivity contribution in [2.45, 2.75) is 32.4 Å². The summed E-state index contributed by atoms with van der Waals surface area (Å²) in [6.07, 6.45) is 0.792. The molecule has 2 aromatic rings. The summed E-state index contributed by atoms with van der Waals surface area (Å²) in [4.78, 5) is 24.0. The van der Waals surface area contributed by atoms with E-state index in [1.54, 1.807) is 6.20 Å². The molecule has 0 aliphatic carbocycles. The van der Waals surface area contributed by atoms with E-state index >= 15 is 0 Å². The van der Waals surface area contributed by atoms with E-state index in [1.807, 2.05) is 6.07 Å². The van der Waals surface area contributed by atoms with Crippen molar-refractivity contribution >= 4 is 5.91 Å². The fraction of sp³-hybridized carbons (Fsp3) is 0.474. The highest BCUT2D eigenvalue weighted by Crippen LogP contribution is 2.27. The van der Waals surface area contributed by atoms with Gasteiger partial charge in [0.2, 0.25) is 0 Å². The highest BCUT2D eigenvalue weighted by atomic mass is 19.4. The third-order valence-electron chi connectivity index (χ3n) is 4.57. The lowest BCUT2D eigenvalue weighted by atomic mass is 9.99. The number of halogens is 3. The van der Waals surface area contributed by atoms with Crippen molar-refractivity contribution in [1.82, 2.24) is 25.6 Å². The molecule has 6 nitrogen and oxygen atoms in total. The van der Waals surface area contributed by atoms with Crippen molar-refractivity contribution < 1.29 is 18.0 Å². The quantitative estimate of drug-likeness (QED) is 0.788. The Morgan fingerprint density at radius 3 is 2.82 bits per heavy atom. The molecule has 3 heterocycles. The van der Waals surface area contributed by atoms with Gasteiger partial charge < -0.3 is 10.6 Å². The van der Waals surface area contributed by atoms with Gasteiger partial charge in [0.05, 0.1) is 5.56 Å². The van der Waals surface area contributed by atoms with E-state index in [9.17, 15) is 18.0 Å². The fourth-order valence-corrected chi connectivity index (χ4v) is 3.22. The Kier molecular flexibility index (Phi) is 6.23. The van der Waals surface area contributed by atoms with Gasteiger partial charge in [0, 0.05) is 31.1 Å². The number of carbonyl (C=O) groups is 1. The van der Waals surface area contributed by atoms with Crippen LogP contribution in [0.25, 0.3) is 0 Å². The van der Waals surface area contributed by atoms with E-state index in [4.69, 9.17) is 0 Å². The molecule has 2 N–H and O–H groups in total. The van der Waals surface area contributed by atoms with Crippen LogP contribution in [0.2, 0.25) is 0 Å². The van der Waals surface area contributed by atoms with Crippen LogP contribution in [0.4, 0.5) is 13.2 Å². The van der Waals surface area contributed by atoms with Crippen LogP contribution < -0.4 is 10.6 Å². The molecule has 0 aromatic carbocycles. The molecule has 1 saturated heterocycles. The first-order chi connectivity index (χ1) is 13.3. The first kappa shape index (κ1) is 20.2. The van der Waals surface area contributed by atoms with E-state index < -0.39 is 11.9 Å². The molecule has 1 atom stereocenters. The van der Waals surface area contributed by atoms with Crippen molar-refractivity contribution in [3.8, 4) is 0 Å². The number of hydrogen-bond donors (Lipinski definition) is 2. The second-order valence-electron chi connectivity index (χ2n) is 6.96. The molecule has 1 aliphatic heterocycles. The highest BCUT2D eigenvalue weighted by molar-refractivity contribution is 5.94. The summed E-state index contributed by atoms with van der Waals surface area (Å²) in [7, 11) is 0. The van der Waals surface area contributed by atoms with Gasteiger partial charge in [-0.25, -0.2) is 9.97 Å². The van der Waals surface area contributed by atoms with Crippen molar-refractivity contribution in [2.24, 2.45) is 5.92 Å². The average Bonchev–Trinajstić information content (AvgIpc) is 3.13. The largest absolute Gasteiger partial charge is 0.433 e. The fourth-order valence-electron chi connectivity index (χ4n) is 3.22. The SMILES string of the molecule is Cc1cc(C(F)(F)F)nc(CCNC(=O)c2cncc(CC3CCNC3)c2)n1. The molecule has 1 unspecified atom stereocenters. The molecule has 3 rings (SSSR count). The number of rotatable bonds is 6. The minimum Gasteiger partial charge on any atom is -0.352 e. The molecule has 2 aromatic heterocycles. The maximum absolute atomic E-state index is 12.8. The number of carbonyl (C=O) groups excluding carboxylic acids is 1. The van der Waals surface area contributed by atoms with Gasteiger partial charge in [-0.15, -0.1) is 0 Å². The Balaban J connectivity index is 1.56. The van der Waals surface area contributed by atoms with Crippen LogP contribution in [0.3, 0.4) is 0 Å². The Bertz CT molecular complexity index is 835. The number of nitrogens with one attached hydrogen (secondary N) is 2. The van der Waals surface area contributed by atoms with Crippen LogP contribution in [-0.4, -0.2) is 40.5 Å². The molecule has 150 valence electrons. The van der Waals surface area contributed by atoms with Crippen LogP contribution in [0.5, 0.6) is 0 Å². The first-order valence-electron chi connectivity index (χ1n) is 9.16. The van der Waals surface area contributed by atoms with Gasteiger partial charge in [-0.05, 0) is 56.5 Å². The maximum Gasteiger partial charge on any atom is 0.433 e. The molecule has 1 fully saturated rings. The summed E-state index contributed by atoms with van der Waals surface area (Å²) in [5.41, 5.74) is 0.698. The Hall–Kier alpha value is -2.55. The van der Waals surface area contributed by atoms with Gasteiger partial charge in [-0.3, -0.25) is 9.78 Å². The van der Waals surface area contributed by atoms with Gasteiger partial charge in [0.25, 0.3) is 5.91 Å². The Labute approximate surface area is 161 Å². The smallest absolute Gasteiger partial charge is 0.352 e. The van der Waals surface area contributed by atoms with Gasteiger partial charge in [0.15, 0.2) is 0 Å². The van der Waals surface area contributed by atoms with E-state index in [-0.39, 0.29) is 30.4 Å². The third-order valence-corrected chi connectivity index (χ3v) is 4.57. The first-order valence-corrected chi connectivity index (χ1v) is 9.16. The number of aryl methyl sites for hydroxylation is 1. The van der Waals surface area contributed by atoms with Crippen LogP contribution in [0.1, 0.15) is 39.6 Å². The van der Waals surface area contributed by atoms with Crippen LogP contribution in [0.15, 0.2) is 24.5 Å². The zero-order chi connectivity index (χ0) is 20.1. The van der Waals surface area contributed by atoms with Gasteiger partial charge in [0.1, 0.15) is 11.5 Å². The number of aromatic nitrogens is 3. The molecule has 0 radical (unpaired) electrons. The third kappa shape index (κ3) is 5.48. The van der Waals surface area contributed by atoms with Crippen molar-refractivity contribution in [2.75, 3.05) is 19.6 Å². The average molecular weight is 393 g/mol. The van der Waals surface area contributed by atoms with Gasteiger partial charge in [-0.2, -0.15) is 13.2 Å². The van der Waals surface area contributed by atoms with Crippen LogP contribution in [0, 0.1) is 12.8 Å². The van der Waals surface area contributed by atoms with Crippen molar-refractivity contribution in [1.29, 1.82) is 0 Å². The number of nitrogens with zero attached hydrogens (tertiary/aromatic N) is 3. The number of hydrogen-bond acceptors (Lipinski definition) is 5. The Morgan fingerprint density at radius 1 is 1.29 bits per heavy atom. The molecule has 1 amide bonds. The van der Waals surface area contributed by atoms with Crippen LogP contribution >= 0.6 is 0 Å². The molecule has 0 saturated carbocycles. The summed E-state index contributed by atoms with van der Waals surface area (Å²) in [6.45, 7) is 3.59. The summed E-state index contributed by atoms with van der Waals surface area (Å²) >= 11 is 0. The minimum atomic E-state index is -4.52. The molecule has 0 bridgehead atoms. The molecule has 1 aliphatic rings. The van der Waals surface area contributed by atoms with Gasteiger partial charge >= 0.3 is 6.18 Å². The number of pyridine rings is 1. The van der Waals surface area contributed by atoms with E-state index in [0.717, 1.165) is 37.6 Å². The van der Waals surface area contributed by atoms with Crippen molar-refractivity contribution in [3.63, 3.8) is 0 Å². The number of amides is 1. The topological polar surface area (TPSA) is 79.8 Å². The lowest BCUT2D eigenvalue weighted by Crippen LogP contribution is -2.27. The molecular weight excluding hydrogens is 371 g/mol. The zero-order valence-corrected chi connectivity index (χ0v) is 15.5. The second kappa shape index (κ2) is 8.64. The second-order valence-corrected chi connectivity index (χ2v) is 6.96. The predicted molar refractivity (Wildman–Crippen MR) is 96.7 cm³/mol. The lowest BCUT2D eigenvalue weighted by molar-refractivity contribution is -0.141. The predicted octanol–water partition coefficient (Wildman–Crippen LogP) is 2.32. The summed E-state index contributed by atoms with van der Waals surface area (Å²) < 4.78 is 38.5. The van der Waals surface area contributed by atoms with Crippen LogP contribution in [-0.2, 0) is 19.0 Å². The van der Waals surface area contributed by atoms with E-state index in [1.165, 1.54) is 13.1 Å². The maximum atomic E-state index is 12.8. The summed E-state index contributed by atoms with van der Waals surface area (Å²) in [5, 5.41) is 6.00. The Morgan fingerprint density at radius 2 is 2.11 bits per heavy atom. The monoisotopic (exact) mass is 393 g/mol. The summed E-state index contributed by atoms with van der Waals surface area (Å²) in [5.74, 6) is 0.275. The molecule has 28 heavy (non-hydrogen) atoms. The molecular formula is C19H22F3N5O. The lowest BCUT2D eigenvalue weighted by Gasteiger charge is -2.10. The summed E-state index contributed by atoms with van der Waals surface area (Å²) in [6, 6.07) is 2.71. The number of alkyl halides is 3. The van der Waals surface area contributed by atoms with Crippen molar-refractivity contribution in [3.05, 3.63) is 52.9 Å². The molecule has 0 spiro atoms. The highest BCUT2D eigenvalue weighted by Gasteiger charge is 2.33. The minimum absolute atomic E-state index is 0.0493. The van der Waals surface area contributed by atoms with Gasteiger partial charge in [-0.1, -0.05) is 0 Å². The standard InChI is InChI=1S/C19H22F3N5O/c1-12-6-16(19(20,21)22)27-17(26-12)3-5-25-18(28)15-8-14(10-24-11-15)7-13-2-4-23-9-13/h6,8,10-11,13,23H,2-5,7,9H2,1H3,(H,25,28). The molecule has 9 heteroatoms. The van der Waals surface area contributed by atoms with E-state index in [2.05, 4.69) is 25.6 Å².